The van der Waals surface area contributed by atoms with E-state index in [0.29, 0.717) is 29.2 Å². The van der Waals surface area contributed by atoms with E-state index in [4.69, 9.17) is 10.3 Å². The molecule has 1 atom stereocenters. The molecule has 0 radical (unpaired) electrons. The van der Waals surface area contributed by atoms with E-state index in [9.17, 15) is 13.2 Å². The Morgan fingerprint density at radius 3 is 2.67 bits per heavy atom. The molecule has 21 heavy (non-hydrogen) atoms. The maximum Gasteiger partial charge on any atom is 0.416 e. The first-order valence-corrected chi connectivity index (χ1v) is 6.74. The van der Waals surface area contributed by atoms with Gasteiger partial charge in [-0.3, -0.25) is 0 Å². The van der Waals surface area contributed by atoms with Crippen molar-refractivity contribution >= 4 is 5.82 Å². The summed E-state index contributed by atoms with van der Waals surface area (Å²) in [5.41, 5.74) is 5.89. The maximum absolute atomic E-state index is 12.8. The lowest BCUT2D eigenvalue weighted by Crippen LogP contribution is -2.05. The summed E-state index contributed by atoms with van der Waals surface area (Å²) in [4.78, 5) is 0. The van der Waals surface area contributed by atoms with Crippen LogP contribution in [0.1, 0.15) is 31.6 Å². The van der Waals surface area contributed by atoms with Crippen molar-refractivity contribution in [3.05, 3.63) is 35.6 Å². The first-order valence-electron chi connectivity index (χ1n) is 6.74. The number of nitrogen functional groups attached to an aromatic ring is 1. The number of hydrogen-bond acceptors (Lipinski definition) is 3. The second-order valence-electron chi connectivity index (χ2n) is 5.16. The topological polar surface area (TPSA) is 52.0 Å². The monoisotopic (exact) mass is 298 g/mol. The molecule has 1 unspecified atom stereocenters. The molecule has 0 aliphatic carbocycles. The van der Waals surface area contributed by atoms with Gasteiger partial charge in [0.25, 0.3) is 0 Å². The summed E-state index contributed by atoms with van der Waals surface area (Å²) < 4.78 is 43.6. The van der Waals surface area contributed by atoms with Crippen LogP contribution in [-0.2, 0) is 12.6 Å². The van der Waals surface area contributed by atoms with Gasteiger partial charge in [0.2, 0.25) is 0 Å². The van der Waals surface area contributed by atoms with Gasteiger partial charge in [-0.05, 0) is 23.6 Å². The van der Waals surface area contributed by atoms with E-state index < -0.39 is 11.7 Å². The van der Waals surface area contributed by atoms with Crippen molar-refractivity contribution in [2.45, 2.75) is 32.9 Å². The van der Waals surface area contributed by atoms with Crippen LogP contribution in [0.15, 0.2) is 28.8 Å². The van der Waals surface area contributed by atoms with Crippen LogP contribution in [0.3, 0.4) is 0 Å². The van der Waals surface area contributed by atoms with Crippen LogP contribution in [-0.4, -0.2) is 5.16 Å². The van der Waals surface area contributed by atoms with Crippen molar-refractivity contribution < 1.29 is 17.7 Å². The SMILES string of the molecule is CCC(C)Cc1onc(N)c1-c1cccc(C(F)(F)F)c1. The van der Waals surface area contributed by atoms with E-state index in [-0.39, 0.29) is 5.82 Å². The minimum absolute atomic E-state index is 0.118. The maximum atomic E-state index is 12.8. The fourth-order valence-corrected chi connectivity index (χ4v) is 2.10. The molecular formula is C15H17F3N2O. The Morgan fingerprint density at radius 1 is 1.33 bits per heavy atom. The Morgan fingerprint density at radius 2 is 2.05 bits per heavy atom. The third-order valence-corrected chi connectivity index (χ3v) is 3.50. The lowest BCUT2D eigenvalue weighted by atomic mass is 9.97. The number of nitrogens with two attached hydrogens (primary N) is 1. The summed E-state index contributed by atoms with van der Waals surface area (Å²) in [7, 11) is 0. The minimum Gasteiger partial charge on any atom is -0.380 e. The number of alkyl halides is 3. The largest absolute Gasteiger partial charge is 0.416 e. The molecule has 0 aliphatic rings. The molecule has 0 saturated carbocycles. The summed E-state index contributed by atoms with van der Waals surface area (Å²) in [5.74, 6) is 0.982. The summed E-state index contributed by atoms with van der Waals surface area (Å²) in [6.07, 6.45) is -2.87. The lowest BCUT2D eigenvalue weighted by Gasteiger charge is -2.10. The number of nitrogens with zero attached hydrogens (tertiary/aromatic N) is 1. The third-order valence-electron chi connectivity index (χ3n) is 3.50. The van der Waals surface area contributed by atoms with Gasteiger partial charge in [0.15, 0.2) is 5.82 Å². The highest BCUT2D eigenvalue weighted by Crippen LogP contribution is 2.36. The standard InChI is InChI=1S/C15H17F3N2O/c1-3-9(2)7-12-13(14(19)20-21-12)10-5-4-6-11(8-10)15(16,17)18/h4-6,8-9H,3,7H2,1-2H3,(H2,19,20). The zero-order valence-electron chi connectivity index (χ0n) is 11.9. The van der Waals surface area contributed by atoms with Gasteiger partial charge < -0.3 is 10.3 Å². The first-order chi connectivity index (χ1) is 9.82. The van der Waals surface area contributed by atoms with Gasteiger partial charge in [-0.25, -0.2) is 0 Å². The summed E-state index contributed by atoms with van der Waals surface area (Å²) in [6.45, 7) is 4.07. The molecule has 0 saturated heterocycles. The van der Waals surface area contributed by atoms with Crippen LogP contribution in [0.5, 0.6) is 0 Å². The van der Waals surface area contributed by atoms with E-state index in [1.165, 1.54) is 6.07 Å². The van der Waals surface area contributed by atoms with Gasteiger partial charge in [-0.2, -0.15) is 13.2 Å². The molecule has 2 aromatic rings. The molecule has 1 aromatic heterocycles. The lowest BCUT2D eigenvalue weighted by molar-refractivity contribution is -0.137. The van der Waals surface area contributed by atoms with Gasteiger partial charge in [0, 0.05) is 6.42 Å². The highest BCUT2D eigenvalue weighted by Gasteiger charge is 2.31. The van der Waals surface area contributed by atoms with Crippen LogP contribution < -0.4 is 5.73 Å². The number of benzene rings is 1. The number of aromatic nitrogens is 1. The van der Waals surface area contributed by atoms with Crippen molar-refractivity contribution in [3.63, 3.8) is 0 Å². The molecule has 6 heteroatoms. The Balaban J connectivity index is 2.45. The number of hydrogen-bond donors (Lipinski definition) is 1. The predicted octanol–water partition coefficient (Wildman–Crippen LogP) is 4.53. The molecule has 1 aromatic carbocycles. The Labute approximate surface area is 120 Å². The van der Waals surface area contributed by atoms with E-state index in [2.05, 4.69) is 5.16 Å². The van der Waals surface area contributed by atoms with E-state index in [0.717, 1.165) is 18.6 Å². The van der Waals surface area contributed by atoms with Crippen molar-refractivity contribution in [1.29, 1.82) is 0 Å². The smallest absolute Gasteiger partial charge is 0.380 e. The second kappa shape index (κ2) is 5.79. The second-order valence-corrected chi connectivity index (χ2v) is 5.16. The molecular weight excluding hydrogens is 281 g/mol. The van der Waals surface area contributed by atoms with Gasteiger partial charge >= 0.3 is 6.18 Å². The molecule has 114 valence electrons. The average molecular weight is 298 g/mol. The first kappa shape index (κ1) is 15.4. The van der Waals surface area contributed by atoms with Crippen LogP contribution >= 0.6 is 0 Å². The Kier molecular flexibility index (Phi) is 4.25. The molecule has 3 nitrogen and oxygen atoms in total. The number of halogens is 3. The van der Waals surface area contributed by atoms with Crippen molar-refractivity contribution in [3.8, 4) is 11.1 Å². The van der Waals surface area contributed by atoms with Crippen LogP contribution in [0.4, 0.5) is 19.0 Å². The number of rotatable bonds is 4. The average Bonchev–Trinajstić information content (AvgIpc) is 2.78. The van der Waals surface area contributed by atoms with Gasteiger partial charge in [0.05, 0.1) is 11.1 Å². The fourth-order valence-electron chi connectivity index (χ4n) is 2.10. The molecule has 2 N–H and O–H groups in total. The van der Waals surface area contributed by atoms with E-state index in [1.807, 2.05) is 13.8 Å². The molecule has 0 spiro atoms. The Bertz CT molecular complexity index is 620. The molecule has 2 rings (SSSR count). The number of anilines is 1. The van der Waals surface area contributed by atoms with Gasteiger partial charge in [0.1, 0.15) is 5.76 Å². The minimum atomic E-state index is -4.39. The quantitative estimate of drug-likeness (QED) is 0.902. The highest BCUT2D eigenvalue weighted by molar-refractivity contribution is 5.76. The molecule has 0 amide bonds. The highest BCUT2D eigenvalue weighted by atomic mass is 19.4. The van der Waals surface area contributed by atoms with E-state index in [1.54, 1.807) is 6.07 Å². The van der Waals surface area contributed by atoms with Crippen LogP contribution in [0.2, 0.25) is 0 Å². The predicted molar refractivity (Wildman–Crippen MR) is 74.5 cm³/mol. The summed E-state index contributed by atoms with van der Waals surface area (Å²) >= 11 is 0. The summed E-state index contributed by atoms with van der Waals surface area (Å²) in [6, 6.07) is 5.04. The summed E-state index contributed by atoms with van der Waals surface area (Å²) in [5, 5.41) is 3.69. The zero-order valence-corrected chi connectivity index (χ0v) is 11.9. The molecule has 0 aliphatic heterocycles. The zero-order chi connectivity index (χ0) is 15.6. The van der Waals surface area contributed by atoms with Gasteiger partial charge in [-0.15, -0.1) is 0 Å². The molecule has 0 fully saturated rings. The third kappa shape index (κ3) is 3.37. The molecule has 0 bridgehead atoms. The van der Waals surface area contributed by atoms with Crippen molar-refractivity contribution in [2.24, 2.45) is 5.92 Å². The normalized spacial score (nSPS) is 13.4. The van der Waals surface area contributed by atoms with Gasteiger partial charge in [-0.1, -0.05) is 37.6 Å². The molecule has 1 heterocycles. The fraction of sp³-hybridized carbons (Fsp3) is 0.400. The van der Waals surface area contributed by atoms with Crippen LogP contribution in [0.25, 0.3) is 11.1 Å². The van der Waals surface area contributed by atoms with Crippen molar-refractivity contribution in [2.75, 3.05) is 5.73 Å². The van der Waals surface area contributed by atoms with Crippen molar-refractivity contribution in [1.82, 2.24) is 5.16 Å². The van der Waals surface area contributed by atoms with Crippen LogP contribution in [0, 0.1) is 5.92 Å². The Hall–Kier alpha value is -1.98. The van der Waals surface area contributed by atoms with E-state index >= 15 is 0 Å².